The van der Waals surface area contributed by atoms with Crippen molar-refractivity contribution in [3.63, 3.8) is 0 Å². The molecule has 4 heteroatoms. The normalized spacial score (nSPS) is 16.4. The molecule has 0 aromatic heterocycles. The Labute approximate surface area is 114 Å². The molecule has 2 N–H and O–H groups in total. The third-order valence-corrected chi connectivity index (χ3v) is 3.50. The molecule has 19 heavy (non-hydrogen) atoms. The van der Waals surface area contributed by atoms with E-state index in [1.807, 2.05) is 23.1 Å². The number of aliphatic hydroxyl groups excluding tert-OH is 1. The number of nitrogens with one attached hydrogen (secondary N) is 1. The number of hydrogen-bond acceptors (Lipinski definition) is 3. The van der Waals surface area contributed by atoms with E-state index in [1.54, 1.807) is 0 Å². The molecule has 0 aliphatic carbocycles. The summed E-state index contributed by atoms with van der Waals surface area (Å²) in [6, 6.07) is 7.98. The van der Waals surface area contributed by atoms with Crippen LogP contribution in [0.25, 0.3) is 0 Å². The molecule has 2 rings (SSSR count). The van der Waals surface area contributed by atoms with Crippen molar-refractivity contribution in [3.8, 4) is 0 Å². The fourth-order valence-corrected chi connectivity index (χ4v) is 2.30. The van der Waals surface area contributed by atoms with Gasteiger partial charge in [-0.05, 0) is 23.6 Å². The summed E-state index contributed by atoms with van der Waals surface area (Å²) in [5.41, 5.74) is 2.08. The van der Waals surface area contributed by atoms with E-state index in [4.69, 9.17) is 5.11 Å². The molecule has 0 unspecified atom stereocenters. The van der Waals surface area contributed by atoms with Crippen molar-refractivity contribution in [1.82, 2.24) is 4.90 Å². The van der Waals surface area contributed by atoms with Gasteiger partial charge in [0.25, 0.3) is 0 Å². The Hall–Kier alpha value is -1.39. The Kier molecular flexibility index (Phi) is 4.56. The molecule has 0 spiro atoms. The summed E-state index contributed by atoms with van der Waals surface area (Å²) in [7, 11) is 0. The number of carbonyl (C=O) groups is 1. The highest BCUT2D eigenvalue weighted by atomic mass is 16.3. The van der Waals surface area contributed by atoms with E-state index in [1.165, 1.54) is 5.56 Å². The first-order valence-electron chi connectivity index (χ1n) is 6.81. The van der Waals surface area contributed by atoms with Crippen LogP contribution in [-0.4, -0.2) is 42.2 Å². The van der Waals surface area contributed by atoms with Crippen molar-refractivity contribution in [3.05, 3.63) is 29.8 Å². The van der Waals surface area contributed by atoms with Gasteiger partial charge in [-0.2, -0.15) is 0 Å². The molecule has 1 aliphatic heterocycles. The monoisotopic (exact) mass is 262 g/mol. The number of hydrogen-bond donors (Lipinski definition) is 2. The number of carbonyl (C=O) groups excluding carboxylic acids is 1. The summed E-state index contributed by atoms with van der Waals surface area (Å²) in [6.07, 6.45) is 0. The van der Waals surface area contributed by atoms with E-state index >= 15 is 0 Å². The van der Waals surface area contributed by atoms with E-state index in [9.17, 15) is 4.79 Å². The van der Waals surface area contributed by atoms with Crippen molar-refractivity contribution < 1.29 is 9.90 Å². The van der Waals surface area contributed by atoms with Crippen molar-refractivity contribution >= 4 is 11.6 Å². The van der Waals surface area contributed by atoms with Gasteiger partial charge in [0.15, 0.2) is 0 Å². The maximum absolute atomic E-state index is 11.9. The standard InChI is InChI=1S/C15H22N2O2/c1-11(2)13-4-3-5-14(6-13)16-15(19)9-17-7-12(8-17)10-18/h3-6,11-12,18H,7-10H2,1-2H3,(H,16,19). The minimum absolute atomic E-state index is 0.0114. The lowest BCUT2D eigenvalue weighted by Crippen LogP contribution is -2.51. The van der Waals surface area contributed by atoms with Gasteiger partial charge in [0.2, 0.25) is 5.91 Å². The Morgan fingerprint density at radius 1 is 1.47 bits per heavy atom. The molecule has 0 bridgehead atoms. The van der Waals surface area contributed by atoms with Gasteiger partial charge in [0.05, 0.1) is 6.54 Å². The van der Waals surface area contributed by atoms with Crippen LogP contribution in [0.1, 0.15) is 25.3 Å². The van der Waals surface area contributed by atoms with Crippen LogP contribution in [0.5, 0.6) is 0 Å². The zero-order chi connectivity index (χ0) is 13.8. The van der Waals surface area contributed by atoms with Gasteiger partial charge in [-0.15, -0.1) is 0 Å². The van der Waals surface area contributed by atoms with Crippen LogP contribution < -0.4 is 5.32 Å². The van der Waals surface area contributed by atoms with Crippen LogP contribution >= 0.6 is 0 Å². The van der Waals surface area contributed by atoms with E-state index < -0.39 is 0 Å². The van der Waals surface area contributed by atoms with Crippen LogP contribution in [0.2, 0.25) is 0 Å². The second kappa shape index (κ2) is 6.17. The zero-order valence-corrected chi connectivity index (χ0v) is 11.6. The third kappa shape index (κ3) is 3.78. The van der Waals surface area contributed by atoms with Gasteiger partial charge >= 0.3 is 0 Å². The Morgan fingerprint density at radius 3 is 2.84 bits per heavy atom. The fraction of sp³-hybridized carbons (Fsp3) is 0.533. The van der Waals surface area contributed by atoms with Crippen LogP contribution in [0, 0.1) is 5.92 Å². The maximum Gasteiger partial charge on any atom is 0.238 e. The van der Waals surface area contributed by atoms with Gasteiger partial charge in [-0.25, -0.2) is 0 Å². The maximum atomic E-state index is 11.9. The van der Waals surface area contributed by atoms with Crippen molar-refractivity contribution in [1.29, 1.82) is 0 Å². The number of anilines is 1. The van der Waals surface area contributed by atoms with Crippen LogP contribution in [0.15, 0.2) is 24.3 Å². The molecule has 1 fully saturated rings. The minimum atomic E-state index is 0.0114. The number of likely N-dealkylation sites (tertiary alicyclic amines) is 1. The average molecular weight is 262 g/mol. The molecule has 0 saturated carbocycles. The van der Waals surface area contributed by atoms with Gasteiger partial charge in [-0.3, -0.25) is 9.69 Å². The van der Waals surface area contributed by atoms with E-state index in [0.717, 1.165) is 18.8 Å². The van der Waals surface area contributed by atoms with Crippen LogP contribution in [0.4, 0.5) is 5.69 Å². The van der Waals surface area contributed by atoms with E-state index in [-0.39, 0.29) is 12.5 Å². The molecular weight excluding hydrogens is 240 g/mol. The van der Waals surface area contributed by atoms with Crippen molar-refractivity contribution in [2.24, 2.45) is 5.92 Å². The first kappa shape index (κ1) is 14.0. The highest BCUT2D eigenvalue weighted by molar-refractivity contribution is 5.92. The molecule has 104 valence electrons. The molecule has 1 amide bonds. The molecule has 1 aromatic rings. The largest absolute Gasteiger partial charge is 0.396 e. The summed E-state index contributed by atoms with van der Waals surface area (Å²) in [5.74, 6) is 0.812. The molecule has 0 atom stereocenters. The Morgan fingerprint density at radius 2 is 2.21 bits per heavy atom. The molecule has 1 aliphatic rings. The smallest absolute Gasteiger partial charge is 0.238 e. The molecule has 1 heterocycles. The van der Waals surface area contributed by atoms with E-state index in [2.05, 4.69) is 25.2 Å². The summed E-state index contributed by atoms with van der Waals surface area (Å²) in [4.78, 5) is 13.9. The second-order valence-electron chi connectivity index (χ2n) is 5.57. The summed E-state index contributed by atoms with van der Waals surface area (Å²) in [5, 5.41) is 11.9. The van der Waals surface area contributed by atoms with Gasteiger partial charge in [-0.1, -0.05) is 26.0 Å². The molecule has 1 saturated heterocycles. The quantitative estimate of drug-likeness (QED) is 0.848. The van der Waals surface area contributed by atoms with Crippen molar-refractivity contribution in [2.75, 3.05) is 31.6 Å². The number of rotatable bonds is 5. The van der Waals surface area contributed by atoms with E-state index in [0.29, 0.717) is 18.4 Å². The lowest BCUT2D eigenvalue weighted by molar-refractivity contribution is -0.119. The predicted molar refractivity (Wildman–Crippen MR) is 76.2 cm³/mol. The number of aliphatic hydroxyl groups is 1. The van der Waals surface area contributed by atoms with Crippen molar-refractivity contribution in [2.45, 2.75) is 19.8 Å². The van der Waals surface area contributed by atoms with Gasteiger partial charge in [0, 0.05) is 31.3 Å². The molecule has 4 nitrogen and oxygen atoms in total. The second-order valence-corrected chi connectivity index (χ2v) is 5.57. The molecular formula is C15H22N2O2. The number of amides is 1. The lowest BCUT2D eigenvalue weighted by atomic mass is 10.0. The van der Waals surface area contributed by atoms with Crippen LogP contribution in [-0.2, 0) is 4.79 Å². The average Bonchev–Trinajstić information content (AvgIpc) is 2.33. The third-order valence-electron chi connectivity index (χ3n) is 3.50. The Bertz CT molecular complexity index is 440. The first-order valence-corrected chi connectivity index (χ1v) is 6.81. The Balaban J connectivity index is 1.84. The molecule has 1 aromatic carbocycles. The highest BCUT2D eigenvalue weighted by Gasteiger charge is 2.27. The summed E-state index contributed by atoms with van der Waals surface area (Å²) >= 11 is 0. The fourth-order valence-electron chi connectivity index (χ4n) is 2.30. The SMILES string of the molecule is CC(C)c1cccc(NC(=O)CN2CC(CO)C2)c1. The predicted octanol–water partition coefficient (Wildman–Crippen LogP) is 1.67. The first-order chi connectivity index (χ1) is 9.08. The number of nitrogens with zero attached hydrogens (tertiary/aromatic N) is 1. The van der Waals surface area contributed by atoms with Gasteiger partial charge < -0.3 is 10.4 Å². The minimum Gasteiger partial charge on any atom is -0.396 e. The summed E-state index contributed by atoms with van der Waals surface area (Å²) < 4.78 is 0. The highest BCUT2D eigenvalue weighted by Crippen LogP contribution is 2.19. The van der Waals surface area contributed by atoms with Gasteiger partial charge in [0.1, 0.15) is 0 Å². The summed E-state index contributed by atoms with van der Waals surface area (Å²) in [6.45, 7) is 6.52. The van der Waals surface area contributed by atoms with Crippen LogP contribution in [0.3, 0.4) is 0 Å². The topological polar surface area (TPSA) is 52.6 Å². The zero-order valence-electron chi connectivity index (χ0n) is 11.6. The number of benzene rings is 1. The lowest BCUT2D eigenvalue weighted by Gasteiger charge is -2.37. The molecule has 0 radical (unpaired) electrons.